The molecule has 1 fully saturated rings. The molecule has 1 amide bonds. The van der Waals surface area contributed by atoms with E-state index in [-0.39, 0.29) is 17.9 Å². The van der Waals surface area contributed by atoms with Crippen LogP contribution in [0.25, 0.3) is 0 Å². The second-order valence-electron chi connectivity index (χ2n) is 5.90. The number of aromatic nitrogens is 2. The standard InChI is InChI=1S/C13H19N3O4/c1-13(2,3)20-12(19)16-5-4-8(7-16)11-14-9(17)6-10(18)15-11/h6,8H,4-5,7H2,1-3H3,(H2,14,15,17,18). The molecule has 0 spiro atoms. The fourth-order valence-corrected chi connectivity index (χ4v) is 2.13. The number of nitrogens with one attached hydrogen (secondary N) is 1. The van der Waals surface area contributed by atoms with Crippen molar-refractivity contribution < 1.29 is 14.6 Å². The van der Waals surface area contributed by atoms with E-state index in [9.17, 15) is 14.7 Å². The van der Waals surface area contributed by atoms with Crippen LogP contribution in [0.3, 0.4) is 0 Å². The summed E-state index contributed by atoms with van der Waals surface area (Å²) in [5, 5.41) is 9.35. The molecule has 1 aromatic heterocycles. The fraction of sp³-hybridized carbons (Fsp3) is 0.615. The van der Waals surface area contributed by atoms with Crippen molar-refractivity contribution in [3.63, 3.8) is 0 Å². The van der Waals surface area contributed by atoms with Gasteiger partial charge in [-0.3, -0.25) is 4.79 Å². The first-order valence-corrected chi connectivity index (χ1v) is 6.53. The fourth-order valence-electron chi connectivity index (χ4n) is 2.13. The summed E-state index contributed by atoms with van der Waals surface area (Å²) in [6.07, 6.45) is 0.300. The van der Waals surface area contributed by atoms with Crippen LogP contribution >= 0.6 is 0 Å². The molecule has 0 aliphatic carbocycles. The first kappa shape index (κ1) is 14.4. The minimum Gasteiger partial charge on any atom is -0.493 e. The van der Waals surface area contributed by atoms with Crippen molar-refractivity contribution in [2.75, 3.05) is 13.1 Å². The van der Waals surface area contributed by atoms with Crippen molar-refractivity contribution in [2.24, 2.45) is 0 Å². The number of carbonyl (C=O) groups excluding carboxylic acids is 1. The number of nitrogens with zero attached hydrogens (tertiary/aromatic N) is 2. The van der Waals surface area contributed by atoms with Gasteiger partial charge in [0.15, 0.2) is 0 Å². The summed E-state index contributed by atoms with van der Waals surface area (Å²) in [4.78, 5) is 31.3. The van der Waals surface area contributed by atoms with Gasteiger partial charge >= 0.3 is 6.09 Å². The van der Waals surface area contributed by atoms with Gasteiger partial charge in [0.05, 0.1) is 6.07 Å². The molecule has 1 unspecified atom stereocenters. The summed E-state index contributed by atoms with van der Waals surface area (Å²) in [5.41, 5.74) is -0.935. The molecule has 1 aliphatic rings. The van der Waals surface area contributed by atoms with E-state index < -0.39 is 11.2 Å². The van der Waals surface area contributed by atoms with Gasteiger partial charge in [0.2, 0.25) is 5.88 Å². The van der Waals surface area contributed by atoms with Crippen molar-refractivity contribution >= 4 is 6.09 Å². The zero-order valence-corrected chi connectivity index (χ0v) is 11.8. The lowest BCUT2D eigenvalue weighted by atomic mass is 10.1. The third-order valence-corrected chi connectivity index (χ3v) is 2.97. The van der Waals surface area contributed by atoms with Gasteiger partial charge in [-0.2, -0.15) is 4.98 Å². The predicted octanol–water partition coefficient (Wildman–Crippen LogP) is 1.20. The molecule has 0 bridgehead atoms. The summed E-state index contributed by atoms with van der Waals surface area (Å²) >= 11 is 0. The van der Waals surface area contributed by atoms with Crippen LogP contribution in [0.15, 0.2) is 10.9 Å². The van der Waals surface area contributed by atoms with Crippen LogP contribution in [-0.2, 0) is 4.74 Å². The number of aromatic amines is 1. The maximum absolute atomic E-state index is 11.9. The van der Waals surface area contributed by atoms with Crippen LogP contribution in [0, 0.1) is 0 Å². The summed E-state index contributed by atoms with van der Waals surface area (Å²) in [7, 11) is 0. The molecule has 20 heavy (non-hydrogen) atoms. The highest BCUT2D eigenvalue weighted by Crippen LogP contribution is 2.26. The number of amides is 1. The van der Waals surface area contributed by atoms with Crippen LogP contribution in [0.2, 0.25) is 0 Å². The second-order valence-corrected chi connectivity index (χ2v) is 5.90. The number of rotatable bonds is 1. The minimum atomic E-state index is -0.535. The van der Waals surface area contributed by atoms with Gasteiger partial charge < -0.3 is 19.7 Å². The van der Waals surface area contributed by atoms with Gasteiger partial charge in [0.25, 0.3) is 5.56 Å². The summed E-state index contributed by atoms with van der Waals surface area (Å²) in [6.45, 7) is 6.40. The molecule has 110 valence electrons. The van der Waals surface area contributed by atoms with Crippen molar-refractivity contribution in [3.8, 4) is 5.88 Å². The molecule has 1 aliphatic heterocycles. The zero-order chi connectivity index (χ0) is 14.9. The van der Waals surface area contributed by atoms with Crippen LogP contribution < -0.4 is 5.56 Å². The van der Waals surface area contributed by atoms with Gasteiger partial charge in [-0.15, -0.1) is 0 Å². The van der Waals surface area contributed by atoms with E-state index in [0.717, 1.165) is 6.07 Å². The lowest BCUT2D eigenvalue weighted by Gasteiger charge is -2.24. The Hall–Kier alpha value is -2.05. The number of carbonyl (C=O) groups is 1. The molecule has 2 rings (SSSR count). The van der Waals surface area contributed by atoms with Gasteiger partial charge in [-0.25, -0.2) is 4.79 Å². The molecule has 2 N–H and O–H groups in total. The van der Waals surface area contributed by atoms with Crippen molar-refractivity contribution in [2.45, 2.75) is 38.7 Å². The molecule has 0 saturated carbocycles. The highest BCUT2D eigenvalue weighted by Gasteiger charge is 2.31. The number of H-pyrrole nitrogens is 1. The van der Waals surface area contributed by atoms with Crippen molar-refractivity contribution in [1.82, 2.24) is 14.9 Å². The smallest absolute Gasteiger partial charge is 0.410 e. The van der Waals surface area contributed by atoms with Gasteiger partial charge in [0, 0.05) is 19.0 Å². The van der Waals surface area contributed by atoms with E-state index in [1.54, 1.807) is 4.90 Å². The molecule has 1 saturated heterocycles. The average molecular weight is 281 g/mol. The van der Waals surface area contributed by atoms with Crippen LogP contribution in [0.5, 0.6) is 5.88 Å². The summed E-state index contributed by atoms with van der Waals surface area (Å²) in [5.74, 6) is 0.00263. The third-order valence-electron chi connectivity index (χ3n) is 2.97. The second kappa shape index (κ2) is 5.15. The third kappa shape index (κ3) is 3.49. The quantitative estimate of drug-likeness (QED) is 0.806. The monoisotopic (exact) mass is 281 g/mol. The highest BCUT2D eigenvalue weighted by atomic mass is 16.6. The first-order valence-electron chi connectivity index (χ1n) is 6.53. The lowest BCUT2D eigenvalue weighted by molar-refractivity contribution is 0.0292. The van der Waals surface area contributed by atoms with E-state index in [1.807, 2.05) is 20.8 Å². The Bertz CT molecular complexity index is 561. The largest absolute Gasteiger partial charge is 0.493 e. The Labute approximate surface area is 116 Å². The summed E-state index contributed by atoms with van der Waals surface area (Å²) < 4.78 is 5.30. The highest BCUT2D eigenvalue weighted by molar-refractivity contribution is 5.68. The van der Waals surface area contributed by atoms with Crippen molar-refractivity contribution in [3.05, 3.63) is 22.2 Å². The number of ether oxygens (including phenoxy) is 1. The topological polar surface area (TPSA) is 95.5 Å². The predicted molar refractivity (Wildman–Crippen MR) is 71.7 cm³/mol. The Balaban J connectivity index is 2.05. The molecule has 7 heteroatoms. The molecule has 1 atom stereocenters. The molecule has 1 aromatic rings. The Morgan fingerprint density at radius 1 is 1.55 bits per heavy atom. The van der Waals surface area contributed by atoms with Gasteiger partial charge in [0.1, 0.15) is 11.4 Å². The van der Waals surface area contributed by atoms with Gasteiger partial charge in [-0.05, 0) is 27.2 Å². The van der Waals surface area contributed by atoms with E-state index in [2.05, 4.69) is 9.97 Å². The van der Waals surface area contributed by atoms with E-state index in [1.165, 1.54) is 0 Å². The number of hydrogen-bond donors (Lipinski definition) is 2. The number of hydrogen-bond acceptors (Lipinski definition) is 5. The molecule has 7 nitrogen and oxygen atoms in total. The SMILES string of the molecule is CC(C)(C)OC(=O)N1CCC(c2nc(O)cc(=O)[nH]2)C1. The van der Waals surface area contributed by atoms with E-state index >= 15 is 0 Å². The molecular formula is C13H19N3O4. The van der Waals surface area contributed by atoms with Crippen LogP contribution in [0.1, 0.15) is 38.9 Å². The Morgan fingerprint density at radius 2 is 2.25 bits per heavy atom. The zero-order valence-electron chi connectivity index (χ0n) is 11.8. The maximum Gasteiger partial charge on any atom is 0.410 e. The lowest BCUT2D eigenvalue weighted by Crippen LogP contribution is -2.35. The molecule has 0 aromatic carbocycles. The molecule has 2 heterocycles. The van der Waals surface area contributed by atoms with E-state index in [4.69, 9.17) is 4.74 Å². The van der Waals surface area contributed by atoms with Crippen LogP contribution in [0.4, 0.5) is 4.79 Å². The summed E-state index contributed by atoms with van der Waals surface area (Å²) in [6, 6.07) is 1.02. The molecular weight excluding hydrogens is 262 g/mol. The normalized spacial score (nSPS) is 19.1. The van der Waals surface area contributed by atoms with Crippen molar-refractivity contribution in [1.29, 1.82) is 0 Å². The average Bonchev–Trinajstić information content (AvgIpc) is 2.74. The minimum absolute atomic E-state index is 0.0951. The number of aromatic hydroxyl groups is 1. The number of likely N-dealkylation sites (tertiary alicyclic amines) is 1. The Kier molecular flexibility index (Phi) is 3.69. The maximum atomic E-state index is 11.9. The van der Waals surface area contributed by atoms with E-state index in [0.29, 0.717) is 25.3 Å². The molecule has 0 radical (unpaired) electrons. The first-order chi connectivity index (χ1) is 9.24. The Morgan fingerprint density at radius 3 is 2.85 bits per heavy atom. The van der Waals surface area contributed by atoms with Crippen LogP contribution in [-0.4, -0.2) is 44.8 Å². The van der Waals surface area contributed by atoms with Gasteiger partial charge in [-0.1, -0.05) is 0 Å².